The molecular weight excluding hydrogens is 440 g/mol. The van der Waals surface area contributed by atoms with Crippen molar-refractivity contribution in [1.82, 2.24) is 19.5 Å². The third-order valence-electron chi connectivity index (χ3n) is 7.52. The average molecular weight is 481 g/mol. The minimum absolute atomic E-state index is 0.0898. The summed E-state index contributed by atoms with van der Waals surface area (Å²) in [6.45, 7) is 23.0. The lowest BCUT2D eigenvalue weighted by Gasteiger charge is -2.40. The van der Waals surface area contributed by atoms with Gasteiger partial charge in [-0.3, -0.25) is 9.36 Å². The molecule has 180 valence electrons. The van der Waals surface area contributed by atoms with E-state index < -0.39 is 16.6 Å². The quantitative estimate of drug-likeness (QED) is 0.596. The normalized spacial score (nSPS) is 23.2. The first-order valence-corrected chi connectivity index (χ1v) is 17.2. The molecule has 1 aliphatic rings. The molecule has 0 amide bonds. The minimum Gasteiger partial charge on any atom is -0.414 e. The Balaban J connectivity index is 1.88. The summed E-state index contributed by atoms with van der Waals surface area (Å²) in [6.07, 6.45) is 3.11. The van der Waals surface area contributed by atoms with Crippen LogP contribution in [0.1, 0.15) is 54.2 Å². The molecule has 3 rings (SSSR count). The van der Waals surface area contributed by atoms with Crippen molar-refractivity contribution in [1.29, 1.82) is 0 Å². The second-order valence-corrected chi connectivity index (χ2v) is 21.5. The van der Waals surface area contributed by atoms with Gasteiger partial charge in [-0.1, -0.05) is 41.5 Å². The van der Waals surface area contributed by atoms with Gasteiger partial charge in [0.05, 0.1) is 25.4 Å². The van der Waals surface area contributed by atoms with Crippen LogP contribution in [0.15, 0.2) is 17.4 Å². The Morgan fingerprint density at radius 2 is 1.72 bits per heavy atom. The summed E-state index contributed by atoms with van der Waals surface area (Å²) >= 11 is 0. The Morgan fingerprint density at radius 3 is 2.31 bits per heavy atom. The average Bonchev–Trinajstić information content (AvgIpc) is 3.22. The van der Waals surface area contributed by atoms with Crippen LogP contribution in [-0.2, 0) is 13.6 Å². The highest BCUT2D eigenvalue weighted by Gasteiger charge is 2.46. The number of fused-ring (bicyclic) bond motifs is 1. The van der Waals surface area contributed by atoms with E-state index in [2.05, 4.69) is 82.7 Å². The highest BCUT2D eigenvalue weighted by atomic mass is 28.4. The summed E-state index contributed by atoms with van der Waals surface area (Å²) in [5, 5.41) is 0.207. The lowest BCUT2D eigenvalue weighted by atomic mass is 10.2. The number of hydrogen-bond donors (Lipinski definition) is 1. The van der Waals surface area contributed by atoms with Crippen molar-refractivity contribution in [3.05, 3.63) is 23.0 Å². The third kappa shape index (κ3) is 4.94. The van der Waals surface area contributed by atoms with Crippen LogP contribution in [-0.4, -0.2) is 55.0 Å². The molecule has 1 unspecified atom stereocenters. The maximum atomic E-state index is 12.1. The summed E-state index contributed by atoms with van der Waals surface area (Å²) < 4.78 is 21.7. The molecule has 2 aromatic rings. The van der Waals surface area contributed by atoms with Gasteiger partial charge in [0.15, 0.2) is 27.8 Å². The first kappa shape index (κ1) is 25.3. The van der Waals surface area contributed by atoms with Crippen molar-refractivity contribution >= 4 is 27.8 Å². The molecule has 0 aliphatic carbocycles. The number of imidazole rings is 1. The molecule has 10 heteroatoms. The molecule has 32 heavy (non-hydrogen) atoms. The zero-order valence-electron chi connectivity index (χ0n) is 21.3. The first-order chi connectivity index (χ1) is 14.5. The van der Waals surface area contributed by atoms with Crippen molar-refractivity contribution in [2.75, 3.05) is 6.61 Å². The van der Waals surface area contributed by atoms with Crippen LogP contribution in [0.25, 0.3) is 11.2 Å². The predicted molar refractivity (Wildman–Crippen MR) is 132 cm³/mol. The number of aromatic nitrogens is 4. The summed E-state index contributed by atoms with van der Waals surface area (Å²) in [6, 6.07) is 0. The van der Waals surface area contributed by atoms with Crippen molar-refractivity contribution in [2.24, 2.45) is 0 Å². The number of rotatable bonds is 6. The van der Waals surface area contributed by atoms with E-state index in [-0.39, 0.29) is 34.1 Å². The smallest absolute Gasteiger partial charge is 0.278 e. The zero-order valence-corrected chi connectivity index (χ0v) is 23.3. The second kappa shape index (κ2) is 8.46. The lowest BCUT2D eigenvalue weighted by Crippen LogP contribution is -2.48. The molecule has 0 saturated carbocycles. The van der Waals surface area contributed by atoms with E-state index in [4.69, 9.17) is 13.6 Å². The molecule has 8 nitrogen and oxygen atoms in total. The molecule has 1 aliphatic heterocycles. The third-order valence-corrected chi connectivity index (χ3v) is 16.5. The van der Waals surface area contributed by atoms with Crippen LogP contribution in [0.2, 0.25) is 36.3 Å². The van der Waals surface area contributed by atoms with E-state index in [0.717, 1.165) is 0 Å². The Labute approximate surface area is 193 Å². The highest BCUT2D eigenvalue weighted by Crippen LogP contribution is 2.42. The number of H-pyrrole nitrogens is 1. The largest absolute Gasteiger partial charge is 0.414 e. The Bertz CT molecular complexity index is 1000. The van der Waals surface area contributed by atoms with E-state index >= 15 is 0 Å². The summed E-state index contributed by atoms with van der Waals surface area (Å²) in [5.41, 5.74) is 0.591. The van der Waals surface area contributed by atoms with Gasteiger partial charge in [0.25, 0.3) is 5.56 Å². The molecule has 1 saturated heterocycles. The van der Waals surface area contributed by atoms with Crippen molar-refractivity contribution in [2.45, 2.75) is 103 Å². The van der Waals surface area contributed by atoms with E-state index in [0.29, 0.717) is 24.2 Å². The number of nitrogens with zero attached hydrogens (tertiary/aromatic N) is 3. The Kier molecular flexibility index (Phi) is 6.69. The molecule has 0 bridgehead atoms. The SMILES string of the molecule is CC(C)(C)[Si](C)(C)OC[C@H]1O[C@@H](n2cnc3c(=O)[nH]cnc32)CC1O[Si](C)(C)C(C)(C)C. The molecule has 3 atom stereocenters. The van der Waals surface area contributed by atoms with Gasteiger partial charge in [-0.2, -0.15) is 0 Å². The summed E-state index contributed by atoms with van der Waals surface area (Å²) in [5.74, 6) is 0. The van der Waals surface area contributed by atoms with Crippen LogP contribution in [0.4, 0.5) is 0 Å². The minimum atomic E-state index is -2.02. The number of nitrogens with one attached hydrogen (secondary N) is 1. The van der Waals surface area contributed by atoms with Gasteiger partial charge in [0.1, 0.15) is 12.3 Å². The number of ether oxygens (including phenoxy) is 1. The summed E-state index contributed by atoms with van der Waals surface area (Å²) in [7, 11) is -3.96. The van der Waals surface area contributed by atoms with Gasteiger partial charge in [-0.15, -0.1) is 0 Å². The molecule has 2 aromatic heterocycles. The van der Waals surface area contributed by atoms with Gasteiger partial charge in [0, 0.05) is 6.42 Å². The van der Waals surface area contributed by atoms with Crippen LogP contribution in [0, 0.1) is 0 Å². The van der Waals surface area contributed by atoms with E-state index in [9.17, 15) is 4.79 Å². The highest BCUT2D eigenvalue weighted by molar-refractivity contribution is 6.74. The Morgan fingerprint density at radius 1 is 1.09 bits per heavy atom. The van der Waals surface area contributed by atoms with Gasteiger partial charge in [0.2, 0.25) is 0 Å². The Hall–Kier alpha value is -1.34. The molecule has 1 fully saturated rings. The number of hydrogen-bond acceptors (Lipinski definition) is 6. The number of aromatic amines is 1. The van der Waals surface area contributed by atoms with Gasteiger partial charge >= 0.3 is 0 Å². The maximum Gasteiger partial charge on any atom is 0.278 e. The van der Waals surface area contributed by atoms with Crippen LogP contribution in [0.5, 0.6) is 0 Å². The molecular formula is C22H40N4O4Si2. The zero-order chi connectivity index (χ0) is 24.1. The van der Waals surface area contributed by atoms with E-state index in [1.165, 1.54) is 6.33 Å². The van der Waals surface area contributed by atoms with Crippen LogP contribution in [0.3, 0.4) is 0 Å². The topological polar surface area (TPSA) is 91.3 Å². The molecule has 0 aromatic carbocycles. The van der Waals surface area contributed by atoms with E-state index in [1.807, 2.05) is 4.57 Å². The van der Waals surface area contributed by atoms with Crippen LogP contribution < -0.4 is 5.56 Å². The standard InChI is InChI=1S/C22H40N4O4Si2/c1-21(2,3)31(7,8)28-12-16-15(30-32(9,10)22(4,5)6)11-17(29-16)26-14-25-18-19(26)23-13-24-20(18)27/h13-17H,11-12H2,1-10H3,(H,23,24,27)/t15?,16-,17-/m1/s1. The first-order valence-electron chi connectivity index (χ1n) is 11.4. The van der Waals surface area contributed by atoms with Crippen LogP contribution >= 0.6 is 0 Å². The van der Waals surface area contributed by atoms with Crippen molar-refractivity contribution in [3.63, 3.8) is 0 Å². The second-order valence-electron chi connectivity index (χ2n) is 11.9. The van der Waals surface area contributed by atoms with Gasteiger partial charge in [-0.05, 0) is 36.3 Å². The van der Waals surface area contributed by atoms with Crippen molar-refractivity contribution in [3.8, 4) is 0 Å². The molecule has 0 radical (unpaired) electrons. The lowest BCUT2D eigenvalue weighted by molar-refractivity contribution is -0.0383. The van der Waals surface area contributed by atoms with Gasteiger partial charge in [-0.25, -0.2) is 9.97 Å². The van der Waals surface area contributed by atoms with Crippen molar-refractivity contribution < 1.29 is 13.6 Å². The molecule has 1 N–H and O–H groups in total. The fourth-order valence-corrected chi connectivity index (χ4v) is 5.65. The van der Waals surface area contributed by atoms with Gasteiger partial charge < -0.3 is 18.6 Å². The fourth-order valence-electron chi connectivity index (χ4n) is 3.28. The molecule has 0 spiro atoms. The maximum absolute atomic E-state index is 12.1. The monoisotopic (exact) mass is 480 g/mol. The van der Waals surface area contributed by atoms with E-state index in [1.54, 1.807) is 6.33 Å². The molecule has 3 heterocycles. The predicted octanol–water partition coefficient (Wildman–Crippen LogP) is 4.82. The fraction of sp³-hybridized carbons (Fsp3) is 0.773. The summed E-state index contributed by atoms with van der Waals surface area (Å²) in [4.78, 5) is 23.3.